The smallest absolute Gasteiger partial charge is 0.258 e. The van der Waals surface area contributed by atoms with Gasteiger partial charge in [0.25, 0.3) is 5.56 Å². The van der Waals surface area contributed by atoms with Crippen molar-refractivity contribution in [2.45, 2.75) is 44.6 Å². The van der Waals surface area contributed by atoms with Crippen LogP contribution in [0.15, 0.2) is 60.0 Å². The molecule has 2 atom stereocenters. The number of pyridine rings is 1. The molecule has 4 rings (SSSR count). The molecule has 3 aromatic rings. The molecule has 0 radical (unpaired) electrons. The molecule has 2 unspecified atom stereocenters. The number of halogens is 2. The first-order valence-corrected chi connectivity index (χ1v) is 10.6. The Labute approximate surface area is 185 Å². The summed E-state index contributed by atoms with van der Waals surface area (Å²) in [7, 11) is 0. The number of hydrogen-bond acceptors (Lipinski definition) is 4. The molecule has 2 aromatic heterocycles. The minimum absolute atomic E-state index is 0.0866. The van der Waals surface area contributed by atoms with Gasteiger partial charge in [-0.05, 0) is 50.5 Å². The van der Waals surface area contributed by atoms with Gasteiger partial charge in [-0.15, -0.1) is 0 Å². The van der Waals surface area contributed by atoms with E-state index in [9.17, 15) is 18.7 Å². The van der Waals surface area contributed by atoms with Crippen molar-refractivity contribution in [1.29, 1.82) is 0 Å². The molecule has 3 heterocycles. The lowest BCUT2D eigenvalue weighted by Gasteiger charge is -2.26. The Kier molecular flexibility index (Phi) is 5.41. The number of hydrogen-bond donors (Lipinski definition) is 1. The van der Waals surface area contributed by atoms with Gasteiger partial charge in [0, 0.05) is 36.6 Å². The molecule has 1 aliphatic rings. The quantitative estimate of drug-likeness (QED) is 0.643. The van der Waals surface area contributed by atoms with Crippen LogP contribution in [0.1, 0.15) is 38.4 Å². The van der Waals surface area contributed by atoms with Gasteiger partial charge in [-0.1, -0.05) is 30.8 Å². The molecule has 0 aliphatic carbocycles. The first-order valence-electron chi connectivity index (χ1n) is 10.6. The molecule has 7 heteroatoms. The summed E-state index contributed by atoms with van der Waals surface area (Å²) in [5, 5.41) is 10.4. The highest BCUT2D eigenvalue weighted by atomic mass is 19.1. The fraction of sp³-hybridized carbons (Fsp3) is 0.360. The molecule has 1 aromatic carbocycles. The minimum Gasteiger partial charge on any atom is -0.385 e. The van der Waals surface area contributed by atoms with E-state index in [-0.39, 0.29) is 17.8 Å². The Bertz CT molecular complexity index is 1230. The van der Waals surface area contributed by atoms with E-state index in [1.54, 1.807) is 12.3 Å². The first-order chi connectivity index (χ1) is 15.0. The van der Waals surface area contributed by atoms with Crippen LogP contribution >= 0.6 is 0 Å². The third-order valence-corrected chi connectivity index (χ3v) is 6.23. The third-order valence-electron chi connectivity index (χ3n) is 6.23. The van der Waals surface area contributed by atoms with Crippen LogP contribution < -0.4 is 5.56 Å². The highest BCUT2D eigenvalue weighted by Crippen LogP contribution is 2.33. The summed E-state index contributed by atoms with van der Waals surface area (Å²) in [5.74, 6) is 0. The monoisotopic (exact) mass is 439 g/mol. The van der Waals surface area contributed by atoms with Crippen molar-refractivity contribution < 1.29 is 13.9 Å². The molecular weight excluding hydrogens is 412 g/mol. The van der Waals surface area contributed by atoms with Crippen molar-refractivity contribution in [1.82, 2.24) is 14.3 Å². The van der Waals surface area contributed by atoms with Crippen molar-refractivity contribution in [3.05, 3.63) is 76.9 Å². The fourth-order valence-corrected chi connectivity index (χ4v) is 4.05. The fourth-order valence-electron chi connectivity index (χ4n) is 4.05. The topological polar surface area (TPSA) is 57.8 Å². The molecule has 1 fully saturated rings. The normalized spacial score (nSPS) is 20.0. The van der Waals surface area contributed by atoms with Crippen LogP contribution in [0.25, 0.3) is 22.5 Å². The number of rotatable bonds is 5. The van der Waals surface area contributed by atoms with Gasteiger partial charge in [-0.3, -0.25) is 9.20 Å². The summed E-state index contributed by atoms with van der Waals surface area (Å²) < 4.78 is 29.7. The highest BCUT2D eigenvalue weighted by molar-refractivity contribution is 5.78. The SMILES string of the molecule is C=C(c1ccc(-c2cccn3c(=O)cc(C(C)(C)F)nc23)cc1)N1CCC(O)(C(C)F)C1. The van der Waals surface area contributed by atoms with Gasteiger partial charge in [-0.2, -0.15) is 0 Å². The standard InChI is InChI=1S/C25H27F2N3O2/c1-16(29-13-11-25(32,15-29)17(2)26)18-7-9-19(10-8-18)20-6-5-12-30-22(31)14-21(24(3,4)27)28-23(20)30/h5-10,12,14,17,32H,1,11,13,15H2,2-4H3. The highest BCUT2D eigenvalue weighted by Gasteiger charge is 2.41. The van der Waals surface area contributed by atoms with Gasteiger partial charge in [-0.25, -0.2) is 13.8 Å². The van der Waals surface area contributed by atoms with E-state index in [0.29, 0.717) is 29.9 Å². The Morgan fingerprint density at radius 3 is 2.56 bits per heavy atom. The van der Waals surface area contributed by atoms with Crippen molar-refractivity contribution in [2.75, 3.05) is 13.1 Å². The number of benzene rings is 1. The van der Waals surface area contributed by atoms with Gasteiger partial charge in [0.2, 0.25) is 0 Å². The second-order valence-corrected chi connectivity index (χ2v) is 8.98. The summed E-state index contributed by atoms with van der Waals surface area (Å²) in [6.45, 7) is 8.98. The van der Waals surface area contributed by atoms with Crippen molar-refractivity contribution in [3.8, 4) is 11.1 Å². The molecule has 32 heavy (non-hydrogen) atoms. The molecule has 1 aliphatic heterocycles. The molecule has 1 N–H and O–H groups in total. The van der Waals surface area contributed by atoms with Crippen LogP contribution in [0.4, 0.5) is 8.78 Å². The van der Waals surface area contributed by atoms with Crippen LogP contribution in [0.2, 0.25) is 0 Å². The molecule has 1 saturated heterocycles. The van der Waals surface area contributed by atoms with Crippen LogP contribution in [-0.2, 0) is 5.67 Å². The Morgan fingerprint density at radius 2 is 1.97 bits per heavy atom. The largest absolute Gasteiger partial charge is 0.385 e. The van der Waals surface area contributed by atoms with Crippen molar-refractivity contribution in [3.63, 3.8) is 0 Å². The van der Waals surface area contributed by atoms with E-state index >= 15 is 0 Å². The number of likely N-dealkylation sites (tertiary alicyclic amines) is 1. The van der Waals surface area contributed by atoms with Crippen molar-refractivity contribution >= 4 is 11.3 Å². The summed E-state index contributed by atoms with van der Waals surface area (Å²) in [6.07, 6.45) is 0.648. The van der Waals surface area contributed by atoms with Gasteiger partial charge < -0.3 is 10.0 Å². The predicted octanol–water partition coefficient (Wildman–Crippen LogP) is 4.33. The zero-order chi connectivity index (χ0) is 23.3. The van der Waals surface area contributed by atoms with Gasteiger partial charge in [0.05, 0.1) is 5.69 Å². The molecule has 0 amide bonds. The summed E-state index contributed by atoms with van der Waals surface area (Å²) in [5.41, 5.74) is 0.112. The molecule has 168 valence electrons. The summed E-state index contributed by atoms with van der Waals surface area (Å²) in [4.78, 5) is 18.8. The van der Waals surface area contributed by atoms with Crippen molar-refractivity contribution in [2.24, 2.45) is 0 Å². The van der Waals surface area contributed by atoms with E-state index in [1.807, 2.05) is 35.2 Å². The lowest BCUT2D eigenvalue weighted by atomic mass is 9.98. The number of aromatic nitrogens is 2. The first kappa shape index (κ1) is 22.1. The maximum atomic E-state index is 14.5. The summed E-state index contributed by atoms with van der Waals surface area (Å²) in [6, 6.07) is 12.4. The zero-order valence-corrected chi connectivity index (χ0v) is 18.5. The third kappa shape index (κ3) is 3.93. The Morgan fingerprint density at radius 1 is 1.28 bits per heavy atom. The Hall–Kier alpha value is -3.06. The number of alkyl halides is 2. The number of fused-ring (bicyclic) bond motifs is 1. The molecule has 5 nitrogen and oxygen atoms in total. The maximum Gasteiger partial charge on any atom is 0.258 e. The van der Waals surface area contributed by atoms with Crippen LogP contribution in [0.3, 0.4) is 0 Å². The maximum absolute atomic E-state index is 14.5. The second kappa shape index (κ2) is 7.81. The zero-order valence-electron chi connectivity index (χ0n) is 18.5. The van der Waals surface area contributed by atoms with E-state index < -0.39 is 17.4 Å². The number of β-amino-alcohol motifs (C(OH)–C–C–N with tert-alkyl or cyclic N) is 1. The molecular formula is C25H27F2N3O2. The van der Waals surface area contributed by atoms with Gasteiger partial charge >= 0.3 is 0 Å². The van der Waals surface area contributed by atoms with E-state index in [0.717, 1.165) is 11.1 Å². The second-order valence-electron chi connectivity index (χ2n) is 8.98. The van der Waals surface area contributed by atoms with Gasteiger partial charge in [0.15, 0.2) is 0 Å². The summed E-state index contributed by atoms with van der Waals surface area (Å²) >= 11 is 0. The molecule has 0 bridgehead atoms. The molecule has 0 spiro atoms. The minimum atomic E-state index is -1.74. The van der Waals surface area contributed by atoms with Crippen LogP contribution in [0.5, 0.6) is 0 Å². The number of aliphatic hydroxyl groups is 1. The van der Waals surface area contributed by atoms with Crippen LogP contribution in [-0.4, -0.2) is 44.3 Å². The Balaban J connectivity index is 1.67. The average molecular weight is 440 g/mol. The number of nitrogens with zero attached hydrogens (tertiary/aromatic N) is 3. The lowest BCUT2D eigenvalue weighted by Crippen LogP contribution is -2.40. The van der Waals surface area contributed by atoms with E-state index in [1.165, 1.54) is 31.2 Å². The lowest BCUT2D eigenvalue weighted by molar-refractivity contribution is -0.0149. The van der Waals surface area contributed by atoms with Gasteiger partial charge in [0.1, 0.15) is 23.1 Å². The van der Waals surface area contributed by atoms with Crippen LogP contribution in [0, 0.1) is 0 Å². The van der Waals surface area contributed by atoms with E-state index in [4.69, 9.17) is 0 Å². The van der Waals surface area contributed by atoms with E-state index in [2.05, 4.69) is 11.6 Å². The average Bonchev–Trinajstić information content (AvgIpc) is 3.16. The molecule has 0 saturated carbocycles. The predicted molar refractivity (Wildman–Crippen MR) is 122 cm³/mol.